The van der Waals surface area contributed by atoms with E-state index in [1.807, 2.05) is 24.3 Å². The van der Waals surface area contributed by atoms with Crippen LogP contribution in [0.2, 0.25) is 5.02 Å². The zero-order valence-electron chi connectivity index (χ0n) is 9.50. The van der Waals surface area contributed by atoms with Gasteiger partial charge in [0.2, 0.25) is 0 Å². The minimum atomic E-state index is 0.157. The van der Waals surface area contributed by atoms with Gasteiger partial charge in [0.1, 0.15) is 0 Å². The molecule has 84 valence electrons. The molecule has 0 N–H and O–H groups in total. The lowest BCUT2D eigenvalue weighted by Gasteiger charge is -2.21. The Morgan fingerprint density at radius 3 is 2.27 bits per heavy atom. The first-order chi connectivity index (χ1) is 7.02. The number of rotatable bonds is 4. The van der Waals surface area contributed by atoms with Crippen LogP contribution < -0.4 is 0 Å². The molecule has 1 aromatic rings. The molecule has 0 heterocycles. The highest BCUT2D eigenvalue weighted by atomic mass is 35.5. The quantitative estimate of drug-likeness (QED) is 0.669. The molecular weight excluding hydrogens is 227 g/mol. The summed E-state index contributed by atoms with van der Waals surface area (Å²) in [7, 11) is 0. The van der Waals surface area contributed by atoms with Gasteiger partial charge >= 0.3 is 0 Å². The van der Waals surface area contributed by atoms with E-state index < -0.39 is 0 Å². The predicted octanol–water partition coefficient (Wildman–Crippen LogP) is 4.78. The van der Waals surface area contributed by atoms with Crippen LogP contribution in [0.1, 0.15) is 26.3 Å². The Balaban J connectivity index is 2.66. The second-order valence-corrected chi connectivity index (χ2v) is 5.38. The van der Waals surface area contributed by atoms with Gasteiger partial charge < -0.3 is 0 Å². The molecule has 15 heavy (non-hydrogen) atoms. The van der Waals surface area contributed by atoms with E-state index in [4.69, 9.17) is 23.2 Å². The van der Waals surface area contributed by atoms with Crippen molar-refractivity contribution in [1.82, 2.24) is 0 Å². The van der Waals surface area contributed by atoms with E-state index in [9.17, 15) is 0 Å². The largest absolute Gasteiger partial charge is 0.122 e. The summed E-state index contributed by atoms with van der Waals surface area (Å²) in [4.78, 5) is 0. The standard InChI is InChI=1S/C13H18Cl2/c1-9(2)10(3)13(15)8-11-6-4-5-7-12(11)14/h4-7,9-10,13H,8H2,1-3H3. The van der Waals surface area contributed by atoms with Crippen molar-refractivity contribution in [3.63, 3.8) is 0 Å². The van der Waals surface area contributed by atoms with Crippen LogP contribution in [-0.4, -0.2) is 5.38 Å². The third-order valence-corrected chi connectivity index (χ3v) is 3.92. The van der Waals surface area contributed by atoms with Gasteiger partial charge in [0.15, 0.2) is 0 Å². The highest BCUT2D eigenvalue weighted by molar-refractivity contribution is 6.31. The molecule has 0 aliphatic carbocycles. The lowest BCUT2D eigenvalue weighted by atomic mass is 9.91. The van der Waals surface area contributed by atoms with Crippen molar-refractivity contribution < 1.29 is 0 Å². The van der Waals surface area contributed by atoms with Crippen molar-refractivity contribution in [2.75, 3.05) is 0 Å². The molecule has 0 aliphatic rings. The Bertz CT molecular complexity index is 307. The molecular formula is C13H18Cl2. The van der Waals surface area contributed by atoms with Crippen molar-refractivity contribution in [3.05, 3.63) is 34.9 Å². The normalized spacial score (nSPS) is 15.3. The van der Waals surface area contributed by atoms with Crippen molar-refractivity contribution in [2.24, 2.45) is 11.8 Å². The number of halogens is 2. The first-order valence-electron chi connectivity index (χ1n) is 5.40. The summed E-state index contributed by atoms with van der Waals surface area (Å²) in [6.45, 7) is 6.60. The fraction of sp³-hybridized carbons (Fsp3) is 0.538. The van der Waals surface area contributed by atoms with Gasteiger partial charge in [-0.25, -0.2) is 0 Å². The smallest absolute Gasteiger partial charge is 0.0438 e. The molecule has 2 heteroatoms. The molecule has 1 rings (SSSR count). The van der Waals surface area contributed by atoms with Crippen LogP contribution >= 0.6 is 23.2 Å². The average molecular weight is 245 g/mol. The second-order valence-electron chi connectivity index (χ2n) is 4.41. The molecule has 0 amide bonds. The fourth-order valence-corrected chi connectivity index (χ4v) is 2.15. The van der Waals surface area contributed by atoms with Gasteiger partial charge in [-0.05, 0) is 29.9 Å². The van der Waals surface area contributed by atoms with E-state index in [0.29, 0.717) is 11.8 Å². The van der Waals surface area contributed by atoms with E-state index in [-0.39, 0.29) is 5.38 Å². The van der Waals surface area contributed by atoms with Crippen LogP contribution in [0.3, 0.4) is 0 Å². The molecule has 2 unspecified atom stereocenters. The fourth-order valence-electron chi connectivity index (χ4n) is 1.48. The predicted molar refractivity (Wildman–Crippen MR) is 68.8 cm³/mol. The van der Waals surface area contributed by atoms with Crippen LogP contribution in [0.5, 0.6) is 0 Å². The highest BCUT2D eigenvalue weighted by Crippen LogP contribution is 2.25. The van der Waals surface area contributed by atoms with E-state index >= 15 is 0 Å². The molecule has 0 fully saturated rings. The second kappa shape index (κ2) is 5.77. The Labute approximate surface area is 103 Å². The molecule has 0 nitrogen and oxygen atoms in total. The van der Waals surface area contributed by atoms with Crippen molar-refractivity contribution in [1.29, 1.82) is 0 Å². The van der Waals surface area contributed by atoms with Gasteiger partial charge in [-0.1, -0.05) is 50.6 Å². The Morgan fingerprint density at radius 2 is 1.73 bits per heavy atom. The summed E-state index contributed by atoms with van der Waals surface area (Å²) in [5.41, 5.74) is 1.15. The highest BCUT2D eigenvalue weighted by Gasteiger charge is 2.18. The topological polar surface area (TPSA) is 0 Å². The lowest BCUT2D eigenvalue weighted by Crippen LogP contribution is -2.19. The summed E-state index contributed by atoms with van der Waals surface area (Å²) in [6, 6.07) is 7.91. The summed E-state index contributed by atoms with van der Waals surface area (Å²) in [6.07, 6.45) is 0.848. The average Bonchev–Trinajstić information content (AvgIpc) is 2.20. The molecule has 0 saturated heterocycles. The van der Waals surface area contributed by atoms with Gasteiger partial charge in [-0.2, -0.15) is 0 Å². The molecule has 2 atom stereocenters. The van der Waals surface area contributed by atoms with Crippen LogP contribution in [0.15, 0.2) is 24.3 Å². The SMILES string of the molecule is CC(C)C(C)C(Cl)Cc1ccccc1Cl. The van der Waals surface area contributed by atoms with Gasteiger partial charge in [-0.15, -0.1) is 11.6 Å². The molecule has 0 spiro atoms. The van der Waals surface area contributed by atoms with Crippen LogP contribution in [0.25, 0.3) is 0 Å². The minimum absolute atomic E-state index is 0.157. The van der Waals surface area contributed by atoms with E-state index in [2.05, 4.69) is 20.8 Å². The van der Waals surface area contributed by atoms with Crippen molar-refractivity contribution in [2.45, 2.75) is 32.6 Å². The Morgan fingerprint density at radius 1 is 1.13 bits per heavy atom. The Kier molecular flexibility index (Phi) is 4.95. The summed E-state index contributed by atoms with van der Waals surface area (Å²) in [5.74, 6) is 1.11. The lowest BCUT2D eigenvalue weighted by molar-refractivity contribution is 0.399. The van der Waals surface area contributed by atoms with Crippen molar-refractivity contribution in [3.8, 4) is 0 Å². The number of benzene rings is 1. The molecule has 0 aromatic heterocycles. The van der Waals surface area contributed by atoms with E-state index in [0.717, 1.165) is 17.0 Å². The molecule has 0 bridgehead atoms. The maximum atomic E-state index is 6.37. The molecule has 1 aromatic carbocycles. The zero-order valence-corrected chi connectivity index (χ0v) is 11.0. The van der Waals surface area contributed by atoms with Crippen LogP contribution in [0.4, 0.5) is 0 Å². The van der Waals surface area contributed by atoms with Crippen LogP contribution in [-0.2, 0) is 6.42 Å². The maximum absolute atomic E-state index is 6.37. The summed E-state index contributed by atoms with van der Waals surface area (Å²) in [5, 5.41) is 0.976. The van der Waals surface area contributed by atoms with Gasteiger partial charge in [0.25, 0.3) is 0 Å². The van der Waals surface area contributed by atoms with Gasteiger partial charge in [-0.3, -0.25) is 0 Å². The molecule has 0 radical (unpaired) electrons. The first-order valence-corrected chi connectivity index (χ1v) is 6.21. The third kappa shape index (κ3) is 3.70. The number of hydrogen-bond donors (Lipinski definition) is 0. The van der Waals surface area contributed by atoms with Gasteiger partial charge in [0, 0.05) is 10.4 Å². The molecule has 0 aliphatic heterocycles. The number of hydrogen-bond acceptors (Lipinski definition) is 0. The summed E-state index contributed by atoms with van der Waals surface area (Å²) < 4.78 is 0. The zero-order chi connectivity index (χ0) is 11.4. The summed E-state index contributed by atoms with van der Waals surface area (Å²) >= 11 is 12.5. The first kappa shape index (κ1) is 12.9. The van der Waals surface area contributed by atoms with Gasteiger partial charge in [0.05, 0.1) is 0 Å². The molecule has 0 saturated carbocycles. The number of alkyl halides is 1. The van der Waals surface area contributed by atoms with Crippen molar-refractivity contribution >= 4 is 23.2 Å². The monoisotopic (exact) mass is 244 g/mol. The Hall–Kier alpha value is -0.200. The van der Waals surface area contributed by atoms with E-state index in [1.165, 1.54) is 0 Å². The maximum Gasteiger partial charge on any atom is 0.0438 e. The van der Waals surface area contributed by atoms with Crippen LogP contribution in [0, 0.1) is 11.8 Å². The third-order valence-electron chi connectivity index (χ3n) is 2.99. The minimum Gasteiger partial charge on any atom is -0.122 e. The van der Waals surface area contributed by atoms with E-state index in [1.54, 1.807) is 0 Å².